The molecule has 2 aromatic rings. The summed E-state index contributed by atoms with van der Waals surface area (Å²) in [6.07, 6.45) is 1.61. The van der Waals surface area contributed by atoms with Gasteiger partial charge >= 0.3 is 0 Å². The van der Waals surface area contributed by atoms with E-state index >= 15 is 0 Å². The van der Waals surface area contributed by atoms with Crippen molar-refractivity contribution in [1.82, 2.24) is 10.2 Å². The number of nitrogens with one attached hydrogen (secondary N) is 1. The maximum Gasteiger partial charge on any atom is 0.254 e. The highest BCUT2D eigenvalue weighted by Crippen LogP contribution is 2.10. The van der Waals surface area contributed by atoms with Crippen molar-refractivity contribution in [3.63, 3.8) is 0 Å². The summed E-state index contributed by atoms with van der Waals surface area (Å²) < 4.78 is 24.3. The Morgan fingerprint density at radius 1 is 1.11 bits per heavy atom. The van der Waals surface area contributed by atoms with E-state index in [9.17, 15) is 18.2 Å². The van der Waals surface area contributed by atoms with Crippen molar-refractivity contribution in [2.45, 2.75) is 19.2 Å². The maximum atomic E-state index is 12.9. The largest absolute Gasteiger partial charge is 0.350 e. The van der Waals surface area contributed by atoms with Crippen LogP contribution in [-0.4, -0.2) is 40.3 Å². The molecule has 5 nitrogen and oxygen atoms in total. The summed E-state index contributed by atoms with van der Waals surface area (Å²) in [6, 6.07) is 12.8. The zero-order valence-corrected chi connectivity index (χ0v) is 16.2. The lowest BCUT2D eigenvalue weighted by atomic mass is 10.1. The number of rotatable bonds is 8. The van der Waals surface area contributed by atoms with Gasteiger partial charge in [0.1, 0.15) is 5.82 Å². The van der Waals surface area contributed by atoms with Gasteiger partial charge in [0, 0.05) is 41.5 Å². The van der Waals surface area contributed by atoms with Crippen LogP contribution in [0.3, 0.4) is 0 Å². The Kier molecular flexibility index (Phi) is 7.67. The summed E-state index contributed by atoms with van der Waals surface area (Å²) in [4.78, 5) is 26.3. The van der Waals surface area contributed by atoms with E-state index in [1.165, 1.54) is 17.0 Å². The van der Waals surface area contributed by atoms with Gasteiger partial charge in [0.25, 0.3) is 5.91 Å². The third-order valence-corrected chi connectivity index (χ3v) is 4.69. The van der Waals surface area contributed by atoms with E-state index in [2.05, 4.69) is 5.32 Å². The molecule has 7 heteroatoms. The average Bonchev–Trinajstić information content (AvgIpc) is 2.65. The lowest BCUT2D eigenvalue weighted by Gasteiger charge is -2.20. The van der Waals surface area contributed by atoms with Gasteiger partial charge in [-0.1, -0.05) is 24.3 Å². The smallest absolute Gasteiger partial charge is 0.254 e. The van der Waals surface area contributed by atoms with E-state index in [4.69, 9.17) is 0 Å². The van der Waals surface area contributed by atoms with Crippen LogP contribution in [0.15, 0.2) is 48.5 Å². The van der Waals surface area contributed by atoms with E-state index in [-0.39, 0.29) is 30.7 Å². The summed E-state index contributed by atoms with van der Waals surface area (Å²) in [5.74, 6) is -0.494. The molecule has 0 aliphatic heterocycles. The molecule has 2 amide bonds. The molecule has 0 aliphatic rings. The van der Waals surface area contributed by atoms with Crippen molar-refractivity contribution in [2.24, 2.45) is 0 Å². The number of benzene rings is 2. The molecule has 0 bridgehead atoms. The SMILES string of the molecule is CCN(CC(=O)NCc1ccc(F)cc1)C(=O)c1cccc(CS(C)=O)c1. The zero-order chi connectivity index (χ0) is 19.8. The van der Waals surface area contributed by atoms with Crippen LogP contribution >= 0.6 is 0 Å². The molecule has 0 radical (unpaired) electrons. The average molecular weight is 390 g/mol. The topological polar surface area (TPSA) is 66.5 Å². The molecule has 144 valence electrons. The minimum atomic E-state index is -0.995. The van der Waals surface area contributed by atoms with Gasteiger partial charge in [-0.15, -0.1) is 0 Å². The Bertz CT molecular complexity index is 824. The van der Waals surface area contributed by atoms with Crippen LogP contribution in [0.2, 0.25) is 0 Å². The highest BCUT2D eigenvalue weighted by Gasteiger charge is 2.17. The van der Waals surface area contributed by atoms with Crippen LogP contribution in [0.5, 0.6) is 0 Å². The Morgan fingerprint density at radius 3 is 2.44 bits per heavy atom. The van der Waals surface area contributed by atoms with Crippen LogP contribution in [0, 0.1) is 5.82 Å². The summed E-state index contributed by atoms with van der Waals surface area (Å²) in [7, 11) is -0.995. The van der Waals surface area contributed by atoms with Crippen molar-refractivity contribution in [1.29, 1.82) is 0 Å². The van der Waals surface area contributed by atoms with Gasteiger partial charge in [-0.25, -0.2) is 4.39 Å². The number of carbonyl (C=O) groups is 2. The van der Waals surface area contributed by atoms with Crippen LogP contribution < -0.4 is 5.32 Å². The van der Waals surface area contributed by atoms with Gasteiger partial charge in [-0.2, -0.15) is 0 Å². The van der Waals surface area contributed by atoms with Gasteiger partial charge in [0.15, 0.2) is 0 Å². The molecule has 0 aliphatic carbocycles. The third kappa shape index (κ3) is 6.60. The number of hydrogen-bond acceptors (Lipinski definition) is 3. The van der Waals surface area contributed by atoms with Crippen molar-refractivity contribution >= 4 is 22.6 Å². The molecule has 27 heavy (non-hydrogen) atoms. The number of nitrogens with zero attached hydrogens (tertiary/aromatic N) is 1. The molecule has 0 aromatic heterocycles. The van der Waals surface area contributed by atoms with E-state index in [0.29, 0.717) is 17.9 Å². The van der Waals surface area contributed by atoms with Crippen LogP contribution in [0.4, 0.5) is 4.39 Å². The summed E-state index contributed by atoms with van der Waals surface area (Å²) in [5.41, 5.74) is 2.06. The molecular weight excluding hydrogens is 367 g/mol. The first-order valence-corrected chi connectivity index (χ1v) is 10.3. The summed E-state index contributed by atoms with van der Waals surface area (Å²) >= 11 is 0. The lowest BCUT2D eigenvalue weighted by Crippen LogP contribution is -2.40. The number of halogens is 1. The Balaban J connectivity index is 1.96. The van der Waals surface area contributed by atoms with Gasteiger partial charge in [0.05, 0.1) is 6.54 Å². The summed E-state index contributed by atoms with van der Waals surface area (Å²) in [5, 5.41) is 2.73. The molecule has 1 atom stereocenters. The van der Waals surface area contributed by atoms with E-state index in [1.54, 1.807) is 43.5 Å². The molecule has 0 saturated heterocycles. The molecule has 2 rings (SSSR count). The fourth-order valence-corrected chi connectivity index (χ4v) is 3.22. The fraction of sp³-hybridized carbons (Fsp3) is 0.300. The second-order valence-electron chi connectivity index (χ2n) is 6.14. The number of carbonyl (C=O) groups excluding carboxylic acids is 2. The minimum absolute atomic E-state index is 0.0690. The van der Waals surface area contributed by atoms with Crippen molar-refractivity contribution in [2.75, 3.05) is 19.3 Å². The molecule has 0 saturated carbocycles. The van der Waals surface area contributed by atoms with Crippen molar-refractivity contribution in [3.05, 3.63) is 71.0 Å². The van der Waals surface area contributed by atoms with Gasteiger partial charge in [-0.3, -0.25) is 13.8 Å². The summed E-state index contributed by atoms with van der Waals surface area (Å²) in [6.45, 7) is 2.38. The van der Waals surface area contributed by atoms with Crippen molar-refractivity contribution in [3.8, 4) is 0 Å². The highest BCUT2D eigenvalue weighted by atomic mass is 32.2. The van der Waals surface area contributed by atoms with Gasteiger partial charge in [-0.05, 0) is 42.3 Å². The molecule has 0 heterocycles. The maximum absolute atomic E-state index is 12.9. The second-order valence-corrected chi connectivity index (χ2v) is 7.58. The number of amides is 2. The van der Waals surface area contributed by atoms with Gasteiger partial charge < -0.3 is 10.2 Å². The van der Waals surface area contributed by atoms with Gasteiger partial charge in [0.2, 0.25) is 5.91 Å². The lowest BCUT2D eigenvalue weighted by molar-refractivity contribution is -0.121. The van der Waals surface area contributed by atoms with Crippen LogP contribution in [-0.2, 0) is 27.9 Å². The third-order valence-electron chi connectivity index (χ3n) is 3.95. The quantitative estimate of drug-likeness (QED) is 0.753. The Morgan fingerprint density at radius 2 is 1.81 bits per heavy atom. The monoisotopic (exact) mass is 390 g/mol. The molecule has 1 N–H and O–H groups in total. The fourth-order valence-electron chi connectivity index (χ4n) is 2.57. The molecule has 0 fully saturated rings. The number of likely N-dealkylation sites (N-methyl/N-ethyl adjacent to an activating group) is 1. The highest BCUT2D eigenvalue weighted by molar-refractivity contribution is 7.83. The van der Waals surface area contributed by atoms with Crippen molar-refractivity contribution < 1.29 is 18.2 Å². The first-order valence-electron chi connectivity index (χ1n) is 8.58. The minimum Gasteiger partial charge on any atom is -0.350 e. The molecule has 1 unspecified atom stereocenters. The molecule has 2 aromatic carbocycles. The molecular formula is C20H23FN2O3S. The Labute approximate surface area is 161 Å². The normalized spacial score (nSPS) is 11.7. The van der Waals surface area contributed by atoms with Crippen LogP contribution in [0.1, 0.15) is 28.4 Å². The first-order chi connectivity index (χ1) is 12.9. The standard InChI is InChI=1S/C20H23FN2O3S/c1-3-23(13-19(24)22-12-15-7-9-18(21)10-8-15)20(25)17-6-4-5-16(11-17)14-27(2)26/h4-11H,3,12-14H2,1-2H3,(H,22,24). The van der Waals surface area contributed by atoms with E-state index < -0.39 is 10.8 Å². The number of hydrogen-bond donors (Lipinski definition) is 1. The zero-order valence-electron chi connectivity index (χ0n) is 15.4. The first kappa shape index (κ1) is 20.8. The second kappa shape index (κ2) is 9.97. The predicted octanol–water partition coefficient (Wildman–Crippen LogP) is 2.48. The predicted molar refractivity (Wildman–Crippen MR) is 104 cm³/mol. The molecule has 0 spiro atoms. The van der Waals surface area contributed by atoms with Crippen LogP contribution in [0.25, 0.3) is 0 Å². The Hall–Kier alpha value is -2.54. The van der Waals surface area contributed by atoms with E-state index in [0.717, 1.165) is 11.1 Å². The van der Waals surface area contributed by atoms with E-state index in [1.807, 2.05) is 6.07 Å².